The molecule has 0 bridgehead atoms. The van der Waals surface area contributed by atoms with Crippen LogP contribution in [-0.4, -0.2) is 30.9 Å². The van der Waals surface area contributed by atoms with Crippen molar-refractivity contribution in [3.05, 3.63) is 12.2 Å². The summed E-state index contributed by atoms with van der Waals surface area (Å²) in [5, 5.41) is 0. The molecule has 0 aromatic carbocycles. The van der Waals surface area contributed by atoms with Crippen LogP contribution in [-0.2, 0) is 23.9 Å². The van der Waals surface area contributed by atoms with E-state index in [0.717, 1.165) is 0 Å². The number of hydrogen-bond donors (Lipinski definition) is 0. The molecule has 0 saturated carbocycles. The summed E-state index contributed by atoms with van der Waals surface area (Å²) in [4.78, 5) is 32.4. The average Bonchev–Trinajstić information content (AvgIpc) is 2.22. The van der Waals surface area contributed by atoms with E-state index in [0.29, 0.717) is 0 Å². The van der Waals surface area contributed by atoms with E-state index in [1.54, 1.807) is 6.92 Å². The number of ether oxygens (including phenoxy) is 2. The number of rotatable bonds is 6. The number of esters is 2. The largest absolute Gasteiger partial charge is 0.459 e. The first-order valence-electron chi connectivity index (χ1n) is 4.51. The zero-order chi connectivity index (χ0) is 11.8. The van der Waals surface area contributed by atoms with Gasteiger partial charge in [-0.1, -0.05) is 13.5 Å². The fraction of sp³-hybridized carbons (Fsp3) is 0.500. The van der Waals surface area contributed by atoms with Gasteiger partial charge in [0.25, 0.3) is 0 Å². The van der Waals surface area contributed by atoms with Gasteiger partial charge >= 0.3 is 11.9 Å². The smallest absolute Gasteiger partial charge is 0.374 e. The van der Waals surface area contributed by atoms with E-state index in [-0.39, 0.29) is 25.2 Å². The molecule has 5 heteroatoms. The van der Waals surface area contributed by atoms with Crippen molar-refractivity contribution >= 4 is 17.7 Å². The Morgan fingerprint density at radius 3 is 1.93 bits per heavy atom. The molecule has 0 saturated heterocycles. The predicted molar refractivity (Wildman–Crippen MR) is 52.0 cm³/mol. The minimum atomic E-state index is -0.899. The van der Waals surface area contributed by atoms with Crippen molar-refractivity contribution in [3.8, 4) is 0 Å². The Labute approximate surface area is 88.0 Å². The van der Waals surface area contributed by atoms with Crippen LogP contribution in [0.5, 0.6) is 0 Å². The molecule has 15 heavy (non-hydrogen) atoms. The topological polar surface area (TPSA) is 69.7 Å². The standard InChI is InChI=1S/C10H14O5/c1-4-8(11)10(13)15-6-5-14-9(12)7(2)3/h2,4-6H2,1,3H3. The minimum absolute atomic E-state index is 0.0750. The summed E-state index contributed by atoms with van der Waals surface area (Å²) in [6.45, 7) is 6.25. The molecule has 0 radical (unpaired) electrons. The lowest BCUT2D eigenvalue weighted by Gasteiger charge is -2.04. The molecule has 0 spiro atoms. The lowest BCUT2D eigenvalue weighted by atomic mass is 10.3. The summed E-state index contributed by atoms with van der Waals surface area (Å²) in [5.74, 6) is -2.04. The summed E-state index contributed by atoms with van der Waals surface area (Å²) in [5.41, 5.74) is 0.269. The van der Waals surface area contributed by atoms with Crippen molar-refractivity contribution < 1.29 is 23.9 Å². The van der Waals surface area contributed by atoms with E-state index in [1.807, 2.05) is 0 Å². The van der Waals surface area contributed by atoms with Crippen molar-refractivity contribution in [2.24, 2.45) is 0 Å². The molecule has 0 aliphatic heterocycles. The second-order valence-electron chi connectivity index (χ2n) is 2.83. The lowest BCUT2D eigenvalue weighted by molar-refractivity contribution is -0.156. The third-order valence-electron chi connectivity index (χ3n) is 1.45. The molecule has 0 aliphatic rings. The fourth-order valence-corrected chi connectivity index (χ4v) is 0.617. The monoisotopic (exact) mass is 214 g/mol. The minimum Gasteiger partial charge on any atom is -0.459 e. The van der Waals surface area contributed by atoms with Gasteiger partial charge in [0, 0.05) is 12.0 Å². The molecule has 0 atom stereocenters. The zero-order valence-electron chi connectivity index (χ0n) is 8.87. The highest BCUT2D eigenvalue weighted by Gasteiger charge is 2.12. The van der Waals surface area contributed by atoms with Gasteiger partial charge in [-0.15, -0.1) is 0 Å². The molecule has 0 amide bonds. The molecule has 0 aromatic heterocycles. The van der Waals surface area contributed by atoms with Crippen molar-refractivity contribution in [2.75, 3.05) is 13.2 Å². The van der Waals surface area contributed by atoms with Gasteiger partial charge in [0.2, 0.25) is 5.78 Å². The summed E-state index contributed by atoms with van der Waals surface area (Å²) < 4.78 is 9.17. The van der Waals surface area contributed by atoms with Crippen LogP contribution in [0.2, 0.25) is 0 Å². The number of carbonyl (C=O) groups excluding carboxylic acids is 3. The Bertz CT molecular complexity index is 280. The first-order valence-corrected chi connectivity index (χ1v) is 4.51. The van der Waals surface area contributed by atoms with E-state index in [2.05, 4.69) is 16.1 Å². The Hall–Kier alpha value is -1.65. The van der Waals surface area contributed by atoms with Crippen LogP contribution >= 0.6 is 0 Å². The first-order chi connectivity index (χ1) is 6.99. The van der Waals surface area contributed by atoms with E-state index < -0.39 is 17.7 Å². The summed E-state index contributed by atoms with van der Waals surface area (Å²) in [7, 11) is 0. The highest BCUT2D eigenvalue weighted by Crippen LogP contribution is 1.92. The maximum atomic E-state index is 10.8. The molecule has 0 unspecified atom stereocenters. The van der Waals surface area contributed by atoms with Crippen LogP contribution in [0.25, 0.3) is 0 Å². The fourth-order valence-electron chi connectivity index (χ4n) is 0.617. The maximum absolute atomic E-state index is 10.8. The van der Waals surface area contributed by atoms with E-state index in [1.165, 1.54) is 6.92 Å². The molecule has 0 rings (SSSR count). The molecule has 84 valence electrons. The molecule has 0 aliphatic carbocycles. The quantitative estimate of drug-likeness (QED) is 0.281. The van der Waals surface area contributed by atoms with Crippen molar-refractivity contribution in [1.29, 1.82) is 0 Å². The molecule has 0 heterocycles. The predicted octanol–water partition coefficient (Wildman–Crippen LogP) is 0.628. The Morgan fingerprint density at radius 2 is 1.53 bits per heavy atom. The van der Waals surface area contributed by atoms with Gasteiger partial charge < -0.3 is 9.47 Å². The molecular weight excluding hydrogens is 200 g/mol. The second-order valence-corrected chi connectivity index (χ2v) is 2.83. The van der Waals surface area contributed by atoms with E-state index in [4.69, 9.17) is 0 Å². The van der Waals surface area contributed by atoms with Gasteiger partial charge in [0.15, 0.2) is 0 Å². The van der Waals surface area contributed by atoms with Gasteiger partial charge in [-0.2, -0.15) is 0 Å². The van der Waals surface area contributed by atoms with Crippen LogP contribution in [0, 0.1) is 0 Å². The van der Waals surface area contributed by atoms with Gasteiger partial charge in [0.1, 0.15) is 13.2 Å². The van der Waals surface area contributed by atoms with Crippen LogP contribution in [0.1, 0.15) is 20.3 Å². The lowest BCUT2D eigenvalue weighted by Crippen LogP contribution is -2.19. The third kappa shape index (κ3) is 5.61. The van der Waals surface area contributed by atoms with Crippen LogP contribution in [0.3, 0.4) is 0 Å². The number of Topliss-reactive ketones (excluding diaryl/α,β-unsaturated/α-hetero) is 1. The molecule has 0 fully saturated rings. The van der Waals surface area contributed by atoms with Gasteiger partial charge in [0.05, 0.1) is 0 Å². The second kappa shape index (κ2) is 6.75. The number of carbonyl (C=O) groups is 3. The number of ketones is 1. The number of hydrogen-bond acceptors (Lipinski definition) is 5. The van der Waals surface area contributed by atoms with Gasteiger partial charge in [-0.05, 0) is 6.92 Å². The summed E-state index contributed by atoms with van der Waals surface area (Å²) in [6.07, 6.45) is 0.102. The normalized spacial score (nSPS) is 9.20. The highest BCUT2D eigenvalue weighted by atomic mass is 16.6. The zero-order valence-corrected chi connectivity index (χ0v) is 8.87. The van der Waals surface area contributed by atoms with E-state index >= 15 is 0 Å². The average molecular weight is 214 g/mol. The van der Waals surface area contributed by atoms with Crippen molar-refractivity contribution in [3.63, 3.8) is 0 Å². The molecular formula is C10H14O5. The third-order valence-corrected chi connectivity index (χ3v) is 1.45. The van der Waals surface area contributed by atoms with Gasteiger partial charge in [-0.3, -0.25) is 4.79 Å². The first kappa shape index (κ1) is 13.4. The van der Waals surface area contributed by atoms with Crippen molar-refractivity contribution in [2.45, 2.75) is 20.3 Å². The van der Waals surface area contributed by atoms with Crippen LogP contribution in [0.4, 0.5) is 0 Å². The van der Waals surface area contributed by atoms with Crippen LogP contribution in [0.15, 0.2) is 12.2 Å². The Balaban J connectivity index is 3.64. The molecule has 0 aromatic rings. The van der Waals surface area contributed by atoms with Crippen molar-refractivity contribution in [1.82, 2.24) is 0 Å². The summed E-state index contributed by atoms with van der Waals surface area (Å²) in [6, 6.07) is 0. The Kier molecular flexibility index (Phi) is 6.01. The maximum Gasteiger partial charge on any atom is 0.374 e. The SMILES string of the molecule is C=C(C)C(=O)OCCOC(=O)C(=O)CC. The van der Waals surface area contributed by atoms with E-state index in [9.17, 15) is 14.4 Å². The van der Waals surface area contributed by atoms with Crippen LogP contribution < -0.4 is 0 Å². The summed E-state index contributed by atoms with van der Waals surface area (Å²) >= 11 is 0. The highest BCUT2D eigenvalue weighted by molar-refractivity contribution is 6.33. The molecule has 0 N–H and O–H groups in total. The Morgan fingerprint density at radius 1 is 1.07 bits per heavy atom. The molecule has 5 nitrogen and oxygen atoms in total. The van der Waals surface area contributed by atoms with Gasteiger partial charge in [-0.25, -0.2) is 9.59 Å².